The van der Waals surface area contributed by atoms with Crippen molar-refractivity contribution in [2.45, 2.75) is 38.7 Å². The fourth-order valence-electron chi connectivity index (χ4n) is 2.42. The normalized spacial score (nSPS) is 12.1. The maximum absolute atomic E-state index is 10.4. The zero-order valence-electron chi connectivity index (χ0n) is 12.8. The third-order valence-electron chi connectivity index (χ3n) is 3.80. The Hall–Kier alpha value is -2.13. The van der Waals surface area contributed by atoms with E-state index < -0.39 is 12.1 Å². The number of aliphatic hydroxyl groups excluding tert-OH is 1. The predicted molar refractivity (Wildman–Crippen MR) is 87.7 cm³/mol. The lowest BCUT2D eigenvalue weighted by Crippen LogP contribution is -1.99. The smallest absolute Gasteiger partial charge is 0.303 e. The van der Waals surface area contributed by atoms with Crippen molar-refractivity contribution in [1.82, 2.24) is 0 Å². The molecule has 3 heteroatoms. The van der Waals surface area contributed by atoms with Crippen LogP contribution in [0, 0.1) is 6.92 Å². The third kappa shape index (κ3) is 4.71. The third-order valence-corrected chi connectivity index (χ3v) is 3.80. The lowest BCUT2D eigenvalue weighted by Gasteiger charge is -2.11. The van der Waals surface area contributed by atoms with Gasteiger partial charge in [-0.05, 0) is 42.9 Å². The highest BCUT2D eigenvalue weighted by Gasteiger charge is 2.08. The summed E-state index contributed by atoms with van der Waals surface area (Å²) in [7, 11) is 0. The molecular weight excluding hydrogens is 276 g/mol. The second-order valence-electron chi connectivity index (χ2n) is 5.64. The highest BCUT2D eigenvalue weighted by atomic mass is 16.4. The SMILES string of the molecule is Cc1ccc(-c2ccc(C(O)CCCCC(=O)O)cc2)cc1. The van der Waals surface area contributed by atoms with Gasteiger partial charge in [0.25, 0.3) is 0 Å². The molecule has 0 aliphatic heterocycles. The van der Waals surface area contributed by atoms with Gasteiger partial charge in [-0.3, -0.25) is 4.79 Å². The van der Waals surface area contributed by atoms with Crippen molar-refractivity contribution in [1.29, 1.82) is 0 Å². The van der Waals surface area contributed by atoms with E-state index in [0.29, 0.717) is 19.3 Å². The molecule has 3 nitrogen and oxygen atoms in total. The molecule has 0 heterocycles. The summed E-state index contributed by atoms with van der Waals surface area (Å²) in [6.45, 7) is 2.06. The summed E-state index contributed by atoms with van der Waals surface area (Å²) in [4.78, 5) is 10.4. The van der Waals surface area contributed by atoms with Crippen LogP contribution in [0.5, 0.6) is 0 Å². The van der Waals surface area contributed by atoms with Gasteiger partial charge in [-0.15, -0.1) is 0 Å². The van der Waals surface area contributed by atoms with Crippen molar-refractivity contribution in [3.05, 3.63) is 59.7 Å². The van der Waals surface area contributed by atoms with Crippen molar-refractivity contribution in [2.24, 2.45) is 0 Å². The van der Waals surface area contributed by atoms with Crippen LogP contribution in [0.3, 0.4) is 0 Å². The van der Waals surface area contributed by atoms with Crippen LogP contribution in [0.25, 0.3) is 11.1 Å². The monoisotopic (exact) mass is 298 g/mol. The second-order valence-corrected chi connectivity index (χ2v) is 5.64. The van der Waals surface area contributed by atoms with E-state index in [-0.39, 0.29) is 6.42 Å². The number of unbranched alkanes of at least 4 members (excludes halogenated alkanes) is 1. The molecule has 0 radical (unpaired) electrons. The summed E-state index contributed by atoms with van der Waals surface area (Å²) < 4.78 is 0. The van der Waals surface area contributed by atoms with E-state index >= 15 is 0 Å². The van der Waals surface area contributed by atoms with E-state index in [9.17, 15) is 9.90 Å². The average molecular weight is 298 g/mol. The number of carbonyl (C=O) groups is 1. The first-order valence-electron chi connectivity index (χ1n) is 7.63. The zero-order chi connectivity index (χ0) is 15.9. The fourth-order valence-corrected chi connectivity index (χ4v) is 2.42. The van der Waals surface area contributed by atoms with Crippen LogP contribution in [-0.2, 0) is 4.79 Å². The molecule has 0 amide bonds. The van der Waals surface area contributed by atoms with Gasteiger partial charge in [0.05, 0.1) is 6.10 Å². The van der Waals surface area contributed by atoms with Crippen LogP contribution >= 0.6 is 0 Å². The van der Waals surface area contributed by atoms with Crippen LogP contribution in [0.2, 0.25) is 0 Å². The Kier molecular flexibility index (Phi) is 5.73. The Bertz CT molecular complexity index is 600. The number of rotatable bonds is 7. The number of aliphatic hydroxyl groups is 1. The van der Waals surface area contributed by atoms with Gasteiger partial charge in [-0.1, -0.05) is 54.1 Å². The summed E-state index contributed by atoms with van der Waals surface area (Å²) in [5, 5.41) is 18.7. The number of carboxylic acid groups (broad SMARTS) is 1. The Morgan fingerprint density at radius 1 is 0.955 bits per heavy atom. The molecular formula is C19H22O3. The minimum absolute atomic E-state index is 0.166. The Labute approximate surface area is 131 Å². The van der Waals surface area contributed by atoms with Crippen LogP contribution in [0.15, 0.2) is 48.5 Å². The number of aryl methyl sites for hydroxylation is 1. The predicted octanol–water partition coefficient (Wildman–Crippen LogP) is 4.34. The molecule has 0 bridgehead atoms. The Morgan fingerprint density at radius 2 is 1.50 bits per heavy atom. The number of aliphatic carboxylic acids is 1. The van der Waals surface area contributed by atoms with E-state index in [1.165, 1.54) is 5.56 Å². The van der Waals surface area contributed by atoms with Gasteiger partial charge in [0.1, 0.15) is 0 Å². The lowest BCUT2D eigenvalue weighted by molar-refractivity contribution is -0.137. The molecule has 2 N–H and O–H groups in total. The number of carboxylic acids is 1. The van der Waals surface area contributed by atoms with E-state index in [1.54, 1.807) is 0 Å². The Morgan fingerprint density at radius 3 is 2.05 bits per heavy atom. The quantitative estimate of drug-likeness (QED) is 0.748. The molecule has 2 rings (SSSR count). The summed E-state index contributed by atoms with van der Waals surface area (Å²) in [5.74, 6) is -0.781. The maximum Gasteiger partial charge on any atom is 0.303 e. The van der Waals surface area contributed by atoms with E-state index in [0.717, 1.165) is 16.7 Å². The maximum atomic E-state index is 10.4. The topological polar surface area (TPSA) is 57.5 Å². The summed E-state index contributed by atoms with van der Waals surface area (Å²) >= 11 is 0. The number of benzene rings is 2. The minimum atomic E-state index is -0.781. The first-order valence-corrected chi connectivity index (χ1v) is 7.63. The molecule has 0 saturated carbocycles. The Balaban J connectivity index is 1.93. The molecule has 1 atom stereocenters. The first-order chi connectivity index (χ1) is 10.6. The standard InChI is InChI=1S/C19H22O3/c1-14-6-8-15(9-7-14)16-10-12-17(13-11-16)18(20)4-2-3-5-19(21)22/h6-13,18,20H,2-5H2,1H3,(H,21,22). The van der Waals surface area contributed by atoms with E-state index in [4.69, 9.17) is 5.11 Å². The molecule has 116 valence electrons. The minimum Gasteiger partial charge on any atom is -0.481 e. The van der Waals surface area contributed by atoms with Crippen molar-refractivity contribution in [2.75, 3.05) is 0 Å². The van der Waals surface area contributed by atoms with Crippen LogP contribution in [0.1, 0.15) is 42.9 Å². The van der Waals surface area contributed by atoms with E-state index in [2.05, 4.69) is 31.2 Å². The highest BCUT2D eigenvalue weighted by Crippen LogP contribution is 2.24. The summed E-state index contributed by atoms with van der Waals surface area (Å²) in [6, 6.07) is 16.3. The molecule has 22 heavy (non-hydrogen) atoms. The summed E-state index contributed by atoms with van der Waals surface area (Å²) in [5.41, 5.74) is 4.40. The van der Waals surface area contributed by atoms with Gasteiger partial charge in [0.15, 0.2) is 0 Å². The van der Waals surface area contributed by atoms with Gasteiger partial charge in [0.2, 0.25) is 0 Å². The lowest BCUT2D eigenvalue weighted by atomic mass is 9.99. The van der Waals surface area contributed by atoms with Crippen molar-refractivity contribution < 1.29 is 15.0 Å². The van der Waals surface area contributed by atoms with Gasteiger partial charge < -0.3 is 10.2 Å². The largest absolute Gasteiger partial charge is 0.481 e. The molecule has 0 saturated heterocycles. The molecule has 0 aliphatic carbocycles. The first kappa shape index (κ1) is 16.2. The van der Waals surface area contributed by atoms with Crippen molar-refractivity contribution >= 4 is 5.97 Å². The average Bonchev–Trinajstić information content (AvgIpc) is 2.52. The second kappa shape index (κ2) is 7.76. The van der Waals surface area contributed by atoms with Crippen LogP contribution in [0.4, 0.5) is 0 Å². The highest BCUT2D eigenvalue weighted by molar-refractivity contribution is 5.66. The molecule has 0 aliphatic rings. The van der Waals surface area contributed by atoms with Gasteiger partial charge >= 0.3 is 5.97 Å². The van der Waals surface area contributed by atoms with Gasteiger partial charge in [0, 0.05) is 6.42 Å². The van der Waals surface area contributed by atoms with Crippen molar-refractivity contribution in [3.63, 3.8) is 0 Å². The van der Waals surface area contributed by atoms with Crippen molar-refractivity contribution in [3.8, 4) is 11.1 Å². The van der Waals surface area contributed by atoms with Gasteiger partial charge in [-0.25, -0.2) is 0 Å². The molecule has 0 aromatic heterocycles. The number of hydrogen-bond donors (Lipinski definition) is 2. The van der Waals surface area contributed by atoms with E-state index in [1.807, 2.05) is 24.3 Å². The number of hydrogen-bond acceptors (Lipinski definition) is 2. The fraction of sp³-hybridized carbons (Fsp3) is 0.316. The molecule has 2 aromatic rings. The molecule has 1 unspecified atom stereocenters. The molecule has 0 spiro atoms. The molecule has 2 aromatic carbocycles. The van der Waals surface area contributed by atoms with Crippen LogP contribution in [-0.4, -0.2) is 16.2 Å². The molecule has 0 fully saturated rings. The van der Waals surface area contributed by atoms with Crippen LogP contribution < -0.4 is 0 Å². The van der Waals surface area contributed by atoms with Gasteiger partial charge in [-0.2, -0.15) is 0 Å². The summed E-state index contributed by atoms with van der Waals surface area (Å²) in [6.07, 6.45) is 1.55. The zero-order valence-corrected chi connectivity index (χ0v) is 12.8.